The summed E-state index contributed by atoms with van der Waals surface area (Å²) in [5, 5.41) is 0. The maximum atomic E-state index is 11.4. The Balaban J connectivity index is 2.01. The molecule has 5 heteroatoms. The van der Waals surface area contributed by atoms with E-state index >= 15 is 0 Å². The molecule has 1 aliphatic rings. The number of hydrogen-bond acceptors (Lipinski definition) is 5. The zero-order valence-corrected chi connectivity index (χ0v) is 11.5. The molecule has 104 valence electrons. The zero-order valence-electron chi connectivity index (χ0n) is 11.5. The van der Waals surface area contributed by atoms with Gasteiger partial charge >= 0.3 is 5.97 Å². The van der Waals surface area contributed by atoms with Gasteiger partial charge in [0, 0.05) is 25.7 Å². The average molecular weight is 263 g/mol. The Kier molecular flexibility index (Phi) is 4.50. The van der Waals surface area contributed by atoms with E-state index in [2.05, 4.69) is 21.5 Å². The van der Waals surface area contributed by atoms with Gasteiger partial charge in [-0.1, -0.05) is 13.0 Å². The van der Waals surface area contributed by atoms with E-state index in [-0.39, 0.29) is 0 Å². The molecule has 0 spiro atoms. The van der Waals surface area contributed by atoms with Gasteiger partial charge in [-0.05, 0) is 24.5 Å². The van der Waals surface area contributed by atoms with Gasteiger partial charge in [-0.15, -0.1) is 0 Å². The Morgan fingerprint density at radius 1 is 1.58 bits per heavy atom. The smallest absolute Gasteiger partial charge is 0.356 e. The highest BCUT2D eigenvalue weighted by Crippen LogP contribution is 2.16. The Bertz CT molecular complexity index is 450. The van der Waals surface area contributed by atoms with Gasteiger partial charge in [0.15, 0.2) is 0 Å². The van der Waals surface area contributed by atoms with E-state index in [0.29, 0.717) is 17.7 Å². The van der Waals surface area contributed by atoms with Crippen LogP contribution >= 0.6 is 0 Å². The second-order valence-electron chi connectivity index (χ2n) is 5.17. The number of piperidine rings is 1. The summed E-state index contributed by atoms with van der Waals surface area (Å²) >= 11 is 0. The second-order valence-corrected chi connectivity index (χ2v) is 5.17. The molecule has 0 amide bonds. The quantitative estimate of drug-likeness (QED) is 0.825. The van der Waals surface area contributed by atoms with Crippen LogP contribution in [-0.2, 0) is 11.3 Å². The van der Waals surface area contributed by atoms with Crippen LogP contribution < -0.4 is 5.73 Å². The molecular formula is C14H21N3O2. The summed E-state index contributed by atoms with van der Waals surface area (Å²) in [7, 11) is 1.37. The highest BCUT2D eigenvalue weighted by atomic mass is 16.5. The monoisotopic (exact) mass is 263 g/mol. The van der Waals surface area contributed by atoms with Crippen LogP contribution in [0.4, 0.5) is 0 Å². The van der Waals surface area contributed by atoms with Crippen molar-refractivity contribution >= 4 is 5.97 Å². The van der Waals surface area contributed by atoms with Gasteiger partial charge in [-0.2, -0.15) is 0 Å². The van der Waals surface area contributed by atoms with Gasteiger partial charge in [0.1, 0.15) is 5.69 Å². The largest absolute Gasteiger partial charge is 0.464 e. The minimum Gasteiger partial charge on any atom is -0.464 e. The minimum atomic E-state index is -0.393. The molecule has 5 nitrogen and oxygen atoms in total. The number of methoxy groups -OCH3 is 1. The minimum absolute atomic E-state index is 0.297. The van der Waals surface area contributed by atoms with Crippen molar-refractivity contribution in [3.05, 3.63) is 29.6 Å². The van der Waals surface area contributed by atoms with E-state index in [4.69, 9.17) is 5.73 Å². The predicted octanol–water partition coefficient (Wildman–Crippen LogP) is 1.04. The van der Waals surface area contributed by atoms with Crippen molar-refractivity contribution in [1.82, 2.24) is 9.88 Å². The number of pyridine rings is 1. The van der Waals surface area contributed by atoms with Gasteiger partial charge in [-0.3, -0.25) is 4.90 Å². The van der Waals surface area contributed by atoms with Crippen LogP contribution in [0.3, 0.4) is 0 Å². The fourth-order valence-electron chi connectivity index (χ4n) is 2.41. The molecule has 1 aromatic heterocycles. The van der Waals surface area contributed by atoms with E-state index in [1.165, 1.54) is 7.11 Å². The lowest BCUT2D eigenvalue weighted by molar-refractivity contribution is 0.0593. The maximum absolute atomic E-state index is 11.4. The van der Waals surface area contributed by atoms with Crippen LogP contribution in [0.25, 0.3) is 0 Å². The molecule has 1 aliphatic heterocycles. The lowest BCUT2D eigenvalue weighted by Gasteiger charge is -2.34. The van der Waals surface area contributed by atoms with Gasteiger partial charge < -0.3 is 10.5 Å². The number of rotatable bonds is 3. The van der Waals surface area contributed by atoms with Crippen LogP contribution in [0, 0.1) is 5.92 Å². The zero-order chi connectivity index (χ0) is 13.8. The van der Waals surface area contributed by atoms with Crippen molar-refractivity contribution in [3.63, 3.8) is 0 Å². The number of likely N-dealkylation sites (tertiary alicyclic amines) is 1. The summed E-state index contributed by atoms with van der Waals surface area (Å²) in [5.41, 5.74) is 7.27. The molecule has 2 unspecified atom stereocenters. The third-order valence-corrected chi connectivity index (χ3v) is 3.64. The van der Waals surface area contributed by atoms with E-state index in [1.54, 1.807) is 6.07 Å². The van der Waals surface area contributed by atoms with Crippen LogP contribution in [0.1, 0.15) is 29.5 Å². The fourth-order valence-corrected chi connectivity index (χ4v) is 2.41. The highest BCUT2D eigenvalue weighted by Gasteiger charge is 2.23. The lowest BCUT2D eigenvalue weighted by atomic mass is 9.95. The van der Waals surface area contributed by atoms with Crippen molar-refractivity contribution in [2.24, 2.45) is 11.7 Å². The molecule has 1 saturated heterocycles. The summed E-state index contributed by atoms with van der Waals surface area (Å²) in [6.07, 6.45) is 1.01. The summed E-state index contributed by atoms with van der Waals surface area (Å²) in [6.45, 7) is 4.89. The average Bonchev–Trinajstić information content (AvgIpc) is 2.42. The number of carbonyl (C=O) groups is 1. The van der Waals surface area contributed by atoms with Crippen LogP contribution in [-0.4, -0.2) is 42.1 Å². The molecular weight excluding hydrogens is 242 g/mol. The fraction of sp³-hybridized carbons (Fsp3) is 0.571. The van der Waals surface area contributed by atoms with E-state index in [1.807, 2.05) is 12.1 Å². The number of aromatic nitrogens is 1. The van der Waals surface area contributed by atoms with Gasteiger partial charge in [0.05, 0.1) is 12.8 Å². The third kappa shape index (κ3) is 3.52. The maximum Gasteiger partial charge on any atom is 0.356 e. The summed E-state index contributed by atoms with van der Waals surface area (Å²) in [5.74, 6) is 0.105. The summed E-state index contributed by atoms with van der Waals surface area (Å²) in [6, 6.07) is 5.74. The normalized spacial score (nSPS) is 24.2. The van der Waals surface area contributed by atoms with Crippen LogP contribution in [0.15, 0.2) is 18.2 Å². The first-order valence-electron chi connectivity index (χ1n) is 6.62. The van der Waals surface area contributed by atoms with Crippen molar-refractivity contribution in [1.29, 1.82) is 0 Å². The summed E-state index contributed by atoms with van der Waals surface area (Å²) in [4.78, 5) is 18.1. The SMILES string of the molecule is COC(=O)c1cccc(CN2CCC(N)C(C)C2)n1. The number of nitrogens with zero attached hydrogens (tertiary/aromatic N) is 2. The number of hydrogen-bond donors (Lipinski definition) is 1. The first kappa shape index (κ1) is 14.0. The third-order valence-electron chi connectivity index (χ3n) is 3.64. The molecule has 2 rings (SSSR count). The Morgan fingerprint density at radius 2 is 2.37 bits per heavy atom. The number of nitrogens with two attached hydrogens (primary N) is 1. The molecule has 1 aromatic rings. The first-order chi connectivity index (χ1) is 9.10. The van der Waals surface area contributed by atoms with Gasteiger partial charge in [0.2, 0.25) is 0 Å². The van der Waals surface area contributed by atoms with E-state index in [0.717, 1.165) is 31.7 Å². The Morgan fingerprint density at radius 3 is 3.05 bits per heavy atom. The molecule has 19 heavy (non-hydrogen) atoms. The predicted molar refractivity (Wildman–Crippen MR) is 72.6 cm³/mol. The van der Waals surface area contributed by atoms with Crippen LogP contribution in [0.2, 0.25) is 0 Å². The molecule has 2 heterocycles. The molecule has 1 fully saturated rings. The Hall–Kier alpha value is -1.46. The van der Waals surface area contributed by atoms with Crippen molar-refractivity contribution in [2.45, 2.75) is 25.9 Å². The lowest BCUT2D eigenvalue weighted by Crippen LogP contribution is -2.45. The number of carbonyl (C=O) groups excluding carboxylic acids is 1. The molecule has 0 saturated carbocycles. The summed E-state index contributed by atoms with van der Waals surface area (Å²) < 4.78 is 4.68. The van der Waals surface area contributed by atoms with Gasteiger partial charge in [-0.25, -0.2) is 9.78 Å². The molecule has 2 atom stereocenters. The first-order valence-corrected chi connectivity index (χ1v) is 6.62. The number of esters is 1. The Labute approximate surface area is 113 Å². The number of ether oxygens (including phenoxy) is 1. The van der Waals surface area contributed by atoms with Crippen molar-refractivity contribution in [3.8, 4) is 0 Å². The molecule has 0 aliphatic carbocycles. The molecule has 2 N–H and O–H groups in total. The van der Waals surface area contributed by atoms with E-state index in [9.17, 15) is 4.79 Å². The molecule has 0 bridgehead atoms. The molecule has 0 radical (unpaired) electrons. The second kappa shape index (κ2) is 6.12. The standard InChI is InChI=1S/C14H21N3O2/c1-10-8-17(7-6-12(10)15)9-11-4-3-5-13(16-11)14(18)19-2/h3-5,10,12H,6-9,15H2,1-2H3. The van der Waals surface area contributed by atoms with Crippen molar-refractivity contribution < 1.29 is 9.53 Å². The van der Waals surface area contributed by atoms with Crippen molar-refractivity contribution in [2.75, 3.05) is 20.2 Å². The van der Waals surface area contributed by atoms with Gasteiger partial charge in [0.25, 0.3) is 0 Å². The highest BCUT2D eigenvalue weighted by molar-refractivity contribution is 5.87. The van der Waals surface area contributed by atoms with Crippen LogP contribution in [0.5, 0.6) is 0 Å². The molecule has 0 aromatic carbocycles. The topological polar surface area (TPSA) is 68.5 Å². The van der Waals surface area contributed by atoms with E-state index < -0.39 is 5.97 Å².